The van der Waals surface area contributed by atoms with Gasteiger partial charge in [0.25, 0.3) is 0 Å². The summed E-state index contributed by atoms with van der Waals surface area (Å²) in [4.78, 5) is 11.0. The van der Waals surface area contributed by atoms with Crippen molar-refractivity contribution in [2.24, 2.45) is 11.8 Å². The van der Waals surface area contributed by atoms with E-state index in [9.17, 15) is 15.0 Å². The van der Waals surface area contributed by atoms with Gasteiger partial charge in [-0.3, -0.25) is 4.79 Å². The molecule has 2 fully saturated rings. The third-order valence-electron chi connectivity index (χ3n) is 6.86. The van der Waals surface area contributed by atoms with Crippen LogP contribution in [-0.4, -0.2) is 70.1 Å². The van der Waals surface area contributed by atoms with E-state index in [1.54, 1.807) is 27.0 Å². The Labute approximate surface area is 192 Å². The topological polar surface area (TPSA) is 109 Å². The highest BCUT2D eigenvalue weighted by Gasteiger charge is 2.58. The molecule has 0 spiro atoms. The van der Waals surface area contributed by atoms with Crippen molar-refractivity contribution in [2.45, 2.75) is 109 Å². The molecule has 0 amide bonds. The number of carboxylic acids is 1. The number of epoxide rings is 1. The zero-order valence-electron chi connectivity index (χ0n) is 20.6. The standard InChI is InChI=1S/C25H42O7/c1-15(21-16(2)10-11-19(31-21)13-20(27)28)9-8-12-24(5,29)14-25(6)23(32-25)17(3)22(30-7)18(4)26/h8-9,12,16-19,21-23,26,29H,10-11,13-14H2,1-7H3,(H,27,28)/b12-8+,15-9+/t16-,17+,18+,19+,21+,22+,23+,24?,25+/m0/s1. The number of hydrogen-bond acceptors (Lipinski definition) is 6. The Kier molecular flexibility index (Phi) is 9.10. The van der Waals surface area contributed by atoms with E-state index >= 15 is 0 Å². The van der Waals surface area contributed by atoms with Crippen LogP contribution in [-0.2, 0) is 19.0 Å². The maximum absolute atomic E-state index is 11.0. The van der Waals surface area contributed by atoms with Gasteiger partial charge in [-0.2, -0.15) is 0 Å². The average molecular weight is 455 g/mol. The van der Waals surface area contributed by atoms with Crippen molar-refractivity contribution < 1.29 is 34.3 Å². The molecule has 0 aromatic rings. The molecular weight excluding hydrogens is 412 g/mol. The van der Waals surface area contributed by atoms with Crippen LogP contribution in [0.5, 0.6) is 0 Å². The predicted molar refractivity (Wildman–Crippen MR) is 122 cm³/mol. The van der Waals surface area contributed by atoms with E-state index in [1.807, 2.05) is 32.9 Å². The highest BCUT2D eigenvalue weighted by Crippen LogP contribution is 2.48. The number of rotatable bonds is 11. The molecule has 2 rings (SSSR count). The lowest BCUT2D eigenvalue weighted by molar-refractivity contribution is -0.143. The van der Waals surface area contributed by atoms with Gasteiger partial charge in [0.05, 0.1) is 48.1 Å². The molecule has 9 atom stereocenters. The fourth-order valence-corrected chi connectivity index (χ4v) is 5.27. The number of hydrogen-bond donors (Lipinski definition) is 3. The minimum atomic E-state index is -1.07. The van der Waals surface area contributed by atoms with E-state index in [2.05, 4.69) is 6.92 Å². The van der Waals surface area contributed by atoms with Crippen LogP contribution in [0, 0.1) is 11.8 Å². The average Bonchev–Trinajstić information content (AvgIpc) is 3.32. The largest absolute Gasteiger partial charge is 0.481 e. The number of ether oxygens (including phenoxy) is 3. The van der Waals surface area contributed by atoms with Gasteiger partial charge < -0.3 is 29.5 Å². The molecule has 0 aromatic carbocycles. The van der Waals surface area contributed by atoms with Gasteiger partial charge in [-0.25, -0.2) is 0 Å². The zero-order chi connectivity index (χ0) is 24.3. The number of aliphatic hydroxyl groups excluding tert-OH is 1. The molecule has 2 saturated heterocycles. The van der Waals surface area contributed by atoms with Crippen LogP contribution in [0.25, 0.3) is 0 Å². The Morgan fingerprint density at radius 3 is 2.56 bits per heavy atom. The van der Waals surface area contributed by atoms with Gasteiger partial charge in [-0.15, -0.1) is 0 Å². The van der Waals surface area contributed by atoms with Gasteiger partial charge >= 0.3 is 5.97 Å². The predicted octanol–water partition coefficient (Wildman–Crippen LogP) is 3.48. The summed E-state index contributed by atoms with van der Waals surface area (Å²) in [5, 5.41) is 29.9. The molecule has 2 heterocycles. The molecule has 2 aliphatic rings. The fraction of sp³-hybridized carbons (Fsp3) is 0.800. The molecule has 2 aliphatic heterocycles. The van der Waals surface area contributed by atoms with Crippen molar-refractivity contribution in [1.29, 1.82) is 0 Å². The SMILES string of the molecule is CO[C@H]([C@@H](C)[C@H]1O[C@]1(C)CC(C)(O)/C=C/C=C(\C)[C@H]1O[C@@H](CC(=O)O)CC[C@@H]1C)[C@@H](C)O. The number of aliphatic hydroxyl groups is 2. The van der Waals surface area contributed by atoms with E-state index in [1.165, 1.54) is 0 Å². The number of carbonyl (C=O) groups is 1. The lowest BCUT2D eigenvalue weighted by Gasteiger charge is -2.35. The van der Waals surface area contributed by atoms with Crippen LogP contribution in [0.4, 0.5) is 0 Å². The summed E-state index contributed by atoms with van der Waals surface area (Å²) in [6.45, 7) is 11.5. The van der Waals surface area contributed by atoms with E-state index in [0.717, 1.165) is 18.4 Å². The summed E-state index contributed by atoms with van der Waals surface area (Å²) in [6.07, 6.45) is 6.27. The molecule has 184 valence electrons. The van der Waals surface area contributed by atoms with Crippen molar-refractivity contribution in [2.75, 3.05) is 7.11 Å². The monoisotopic (exact) mass is 454 g/mol. The Balaban J connectivity index is 1.97. The molecular formula is C25H42O7. The van der Waals surface area contributed by atoms with Gasteiger partial charge in [0.2, 0.25) is 0 Å². The first-order chi connectivity index (χ1) is 14.8. The summed E-state index contributed by atoms with van der Waals surface area (Å²) >= 11 is 0. The van der Waals surface area contributed by atoms with E-state index < -0.39 is 23.3 Å². The summed E-state index contributed by atoms with van der Waals surface area (Å²) in [5.41, 5.74) is -0.541. The van der Waals surface area contributed by atoms with E-state index in [0.29, 0.717) is 12.3 Å². The highest BCUT2D eigenvalue weighted by atomic mass is 16.6. The van der Waals surface area contributed by atoms with Crippen LogP contribution in [0.3, 0.4) is 0 Å². The summed E-state index contributed by atoms with van der Waals surface area (Å²) in [6, 6.07) is 0. The molecule has 7 heteroatoms. The Bertz CT molecular complexity index is 698. The van der Waals surface area contributed by atoms with Crippen molar-refractivity contribution in [3.63, 3.8) is 0 Å². The molecule has 7 nitrogen and oxygen atoms in total. The van der Waals surface area contributed by atoms with Crippen molar-refractivity contribution >= 4 is 5.97 Å². The number of aliphatic carboxylic acids is 1. The fourth-order valence-electron chi connectivity index (χ4n) is 5.27. The van der Waals surface area contributed by atoms with Crippen LogP contribution in [0.15, 0.2) is 23.8 Å². The first-order valence-electron chi connectivity index (χ1n) is 11.6. The molecule has 32 heavy (non-hydrogen) atoms. The Morgan fingerprint density at radius 2 is 2.00 bits per heavy atom. The second-order valence-corrected chi connectivity index (χ2v) is 10.3. The number of carboxylic acid groups (broad SMARTS) is 1. The summed E-state index contributed by atoms with van der Waals surface area (Å²) < 4.78 is 17.4. The lowest BCUT2D eigenvalue weighted by atomic mass is 9.84. The van der Waals surface area contributed by atoms with Crippen LogP contribution in [0.1, 0.15) is 67.2 Å². The smallest absolute Gasteiger partial charge is 0.305 e. The van der Waals surface area contributed by atoms with E-state index in [4.69, 9.17) is 19.3 Å². The van der Waals surface area contributed by atoms with E-state index in [-0.39, 0.29) is 36.8 Å². The lowest BCUT2D eigenvalue weighted by Crippen LogP contribution is -2.38. The van der Waals surface area contributed by atoms with Gasteiger partial charge in [0, 0.05) is 19.4 Å². The first-order valence-corrected chi connectivity index (χ1v) is 11.6. The number of methoxy groups -OCH3 is 1. The quantitative estimate of drug-likeness (QED) is 0.324. The second-order valence-electron chi connectivity index (χ2n) is 10.3. The third-order valence-corrected chi connectivity index (χ3v) is 6.86. The van der Waals surface area contributed by atoms with Crippen LogP contribution < -0.4 is 0 Å². The van der Waals surface area contributed by atoms with Crippen LogP contribution >= 0.6 is 0 Å². The highest BCUT2D eigenvalue weighted by molar-refractivity contribution is 5.67. The Hall–Kier alpha value is -1.25. The molecule has 0 saturated carbocycles. The van der Waals surface area contributed by atoms with Crippen molar-refractivity contribution in [1.82, 2.24) is 0 Å². The molecule has 0 radical (unpaired) electrons. The maximum atomic E-state index is 11.0. The Morgan fingerprint density at radius 1 is 1.34 bits per heavy atom. The molecule has 1 unspecified atom stereocenters. The van der Waals surface area contributed by atoms with Crippen molar-refractivity contribution in [3.05, 3.63) is 23.8 Å². The van der Waals surface area contributed by atoms with Crippen LogP contribution in [0.2, 0.25) is 0 Å². The molecule has 0 bridgehead atoms. The van der Waals surface area contributed by atoms with Gasteiger partial charge in [-0.05, 0) is 52.0 Å². The maximum Gasteiger partial charge on any atom is 0.305 e. The van der Waals surface area contributed by atoms with Gasteiger partial charge in [-0.1, -0.05) is 32.1 Å². The summed E-state index contributed by atoms with van der Waals surface area (Å²) in [7, 11) is 1.59. The zero-order valence-corrected chi connectivity index (χ0v) is 20.6. The third kappa shape index (κ3) is 7.12. The van der Waals surface area contributed by atoms with Gasteiger partial charge in [0.15, 0.2) is 0 Å². The summed E-state index contributed by atoms with van der Waals surface area (Å²) in [5.74, 6) is -0.529. The minimum absolute atomic E-state index is 0.00407. The molecule has 0 aliphatic carbocycles. The second kappa shape index (κ2) is 10.8. The molecule has 0 aromatic heterocycles. The normalized spacial score (nSPS) is 35.8. The molecule has 3 N–H and O–H groups in total. The van der Waals surface area contributed by atoms with Gasteiger partial charge in [0.1, 0.15) is 0 Å². The minimum Gasteiger partial charge on any atom is -0.481 e. The first kappa shape index (κ1) is 27.0. The number of allylic oxidation sites excluding steroid dienone is 2. The van der Waals surface area contributed by atoms with Crippen molar-refractivity contribution in [3.8, 4) is 0 Å².